The van der Waals surface area contributed by atoms with Crippen LogP contribution >= 0.6 is 23.2 Å². The Labute approximate surface area is 159 Å². The Kier molecular flexibility index (Phi) is 3.65. The summed E-state index contributed by atoms with van der Waals surface area (Å²) in [7, 11) is 1.18. The molecule has 1 saturated carbocycles. The molecule has 1 aliphatic heterocycles. The van der Waals surface area contributed by atoms with E-state index < -0.39 is 34.0 Å². The summed E-state index contributed by atoms with van der Waals surface area (Å²) < 4.78 is 4.80. The van der Waals surface area contributed by atoms with Gasteiger partial charge in [-0.1, -0.05) is 41.9 Å². The summed E-state index contributed by atoms with van der Waals surface area (Å²) in [6, 6.07) is 15.0. The van der Waals surface area contributed by atoms with Crippen LogP contribution in [0, 0.1) is 5.92 Å². The van der Waals surface area contributed by atoms with Crippen molar-refractivity contribution in [2.24, 2.45) is 5.92 Å². The maximum absolute atomic E-state index is 13.4. The van der Waals surface area contributed by atoms with Crippen molar-refractivity contribution < 1.29 is 19.1 Å². The number of piperidine rings is 1. The summed E-state index contributed by atoms with van der Waals surface area (Å²) in [5, 5.41) is 0.470. The van der Waals surface area contributed by atoms with Crippen molar-refractivity contribution in [3.63, 3.8) is 0 Å². The number of para-hydroxylation sites is 1. The number of imide groups is 1. The van der Waals surface area contributed by atoms with Crippen LogP contribution < -0.4 is 4.90 Å². The molecule has 2 aromatic carbocycles. The number of methoxy groups -OCH3 is 1. The zero-order valence-electron chi connectivity index (χ0n) is 13.6. The Morgan fingerprint density at radius 3 is 2.27 bits per heavy atom. The number of amides is 2. The van der Waals surface area contributed by atoms with Crippen molar-refractivity contribution in [3.8, 4) is 0 Å². The first-order chi connectivity index (χ1) is 12.4. The number of rotatable bonds is 3. The Morgan fingerprint density at radius 2 is 1.69 bits per heavy atom. The van der Waals surface area contributed by atoms with Crippen LogP contribution in [0.15, 0.2) is 54.6 Å². The van der Waals surface area contributed by atoms with Gasteiger partial charge < -0.3 is 4.74 Å². The fourth-order valence-corrected chi connectivity index (χ4v) is 4.65. The van der Waals surface area contributed by atoms with Crippen molar-refractivity contribution in [1.29, 1.82) is 0 Å². The van der Waals surface area contributed by atoms with Crippen LogP contribution in [0.3, 0.4) is 0 Å². The van der Waals surface area contributed by atoms with E-state index in [0.717, 1.165) is 4.90 Å². The fraction of sp³-hybridized carbons (Fsp3) is 0.211. The van der Waals surface area contributed by atoms with Gasteiger partial charge in [-0.25, -0.2) is 4.90 Å². The molecule has 3 atom stereocenters. The minimum Gasteiger partial charge on any atom is -0.468 e. The lowest BCUT2D eigenvalue weighted by Gasteiger charge is -2.25. The minimum absolute atomic E-state index is 0.437. The Balaban J connectivity index is 1.89. The third-order valence-electron chi connectivity index (χ3n) is 5.13. The van der Waals surface area contributed by atoms with E-state index in [2.05, 4.69) is 0 Å². The lowest BCUT2D eigenvalue weighted by molar-refractivity contribution is -0.144. The Hall–Kier alpha value is -2.37. The van der Waals surface area contributed by atoms with E-state index in [-0.39, 0.29) is 0 Å². The van der Waals surface area contributed by atoms with Crippen molar-refractivity contribution in [2.45, 2.75) is 10.3 Å². The van der Waals surface area contributed by atoms with Crippen LogP contribution in [0.25, 0.3) is 0 Å². The lowest BCUT2D eigenvalue weighted by Crippen LogP contribution is -2.46. The molecule has 0 radical (unpaired) electrons. The molecule has 1 heterocycles. The topological polar surface area (TPSA) is 63.7 Å². The number of hydrogen-bond donors (Lipinski definition) is 0. The van der Waals surface area contributed by atoms with Crippen LogP contribution in [0.1, 0.15) is 5.56 Å². The maximum atomic E-state index is 13.4. The standard InChI is InChI=1S/C19H13Cl2NO4/c1-26-17(25)19(21)14-15(23)22(13-5-3-2-4-6-13)16(24)18(14,19)11-7-9-12(20)10-8-11/h2-10,14H,1H3/t14-,18+,19-/m0/s1. The zero-order chi connectivity index (χ0) is 18.7. The molecule has 1 saturated heterocycles. The maximum Gasteiger partial charge on any atom is 0.329 e. The summed E-state index contributed by atoms with van der Waals surface area (Å²) >= 11 is 12.5. The third-order valence-corrected chi connectivity index (χ3v) is 6.05. The van der Waals surface area contributed by atoms with E-state index in [1.54, 1.807) is 54.6 Å². The molecule has 0 aromatic heterocycles. The molecule has 1 aliphatic carbocycles. The van der Waals surface area contributed by atoms with Gasteiger partial charge in [0.1, 0.15) is 5.41 Å². The Morgan fingerprint density at radius 1 is 1.08 bits per heavy atom. The predicted octanol–water partition coefficient (Wildman–Crippen LogP) is 2.93. The summed E-state index contributed by atoms with van der Waals surface area (Å²) in [6.07, 6.45) is 0. The highest BCUT2D eigenvalue weighted by molar-refractivity contribution is 6.50. The number of fused-ring (bicyclic) bond motifs is 1. The molecule has 0 N–H and O–H groups in total. The van der Waals surface area contributed by atoms with Gasteiger partial charge >= 0.3 is 5.97 Å². The monoisotopic (exact) mass is 389 g/mol. The third kappa shape index (κ3) is 1.85. The molecule has 2 fully saturated rings. The van der Waals surface area contributed by atoms with Gasteiger partial charge in [0.15, 0.2) is 4.87 Å². The summed E-state index contributed by atoms with van der Waals surface area (Å²) in [5.41, 5.74) is -0.602. The molecule has 2 aliphatic rings. The van der Waals surface area contributed by atoms with Crippen LogP contribution in [0.4, 0.5) is 5.69 Å². The van der Waals surface area contributed by atoms with Gasteiger partial charge in [0, 0.05) is 5.02 Å². The zero-order valence-corrected chi connectivity index (χ0v) is 15.1. The molecule has 2 amide bonds. The summed E-state index contributed by atoms with van der Waals surface area (Å²) in [4.78, 5) is 38.1. The number of carbonyl (C=O) groups excluding carboxylic acids is 3. The van der Waals surface area contributed by atoms with E-state index in [1.165, 1.54) is 7.11 Å². The second kappa shape index (κ2) is 5.56. The van der Waals surface area contributed by atoms with Crippen molar-refractivity contribution >= 4 is 46.7 Å². The van der Waals surface area contributed by atoms with Gasteiger partial charge in [-0.3, -0.25) is 14.4 Å². The molecular formula is C19H13Cl2NO4. The van der Waals surface area contributed by atoms with E-state index in [1.807, 2.05) is 0 Å². The average Bonchev–Trinajstić information content (AvgIpc) is 3.15. The second-order valence-corrected chi connectivity index (χ2v) is 7.30. The van der Waals surface area contributed by atoms with Crippen molar-refractivity contribution in [1.82, 2.24) is 0 Å². The molecule has 7 heteroatoms. The van der Waals surface area contributed by atoms with Gasteiger partial charge in [0.2, 0.25) is 11.8 Å². The quantitative estimate of drug-likeness (QED) is 0.459. The SMILES string of the molecule is COC(=O)[C@@]1(Cl)[C@H]2C(=O)N(c3ccccc3)C(=O)[C@@]21c1ccc(Cl)cc1. The average molecular weight is 390 g/mol. The number of ether oxygens (including phenoxy) is 1. The van der Waals surface area contributed by atoms with Gasteiger partial charge in [0.25, 0.3) is 0 Å². The first-order valence-electron chi connectivity index (χ1n) is 7.87. The number of esters is 1. The molecule has 26 heavy (non-hydrogen) atoms. The number of nitrogens with zero attached hydrogens (tertiary/aromatic N) is 1. The molecule has 5 nitrogen and oxygen atoms in total. The first kappa shape index (κ1) is 17.1. The summed E-state index contributed by atoms with van der Waals surface area (Å²) in [5.74, 6) is -2.88. The van der Waals surface area contributed by atoms with Crippen LogP contribution in [-0.4, -0.2) is 29.8 Å². The van der Waals surface area contributed by atoms with Crippen LogP contribution in [-0.2, 0) is 24.5 Å². The van der Waals surface area contributed by atoms with Crippen LogP contribution in [0.5, 0.6) is 0 Å². The molecule has 2 aromatic rings. The Bertz CT molecular complexity index is 930. The highest BCUT2D eigenvalue weighted by Gasteiger charge is 2.92. The summed E-state index contributed by atoms with van der Waals surface area (Å²) in [6.45, 7) is 0. The normalized spacial score (nSPS) is 29.5. The van der Waals surface area contributed by atoms with E-state index in [9.17, 15) is 14.4 Å². The molecular weight excluding hydrogens is 377 g/mol. The van der Waals surface area contributed by atoms with Gasteiger partial charge in [0.05, 0.1) is 18.7 Å². The largest absolute Gasteiger partial charge is 0.468 e. The number of anilines is 1. The van der Waals surface area contributed by atoms with Gasteiger partial charge in [-0.15, -0.1) is 11.6 Å². The number of alkyl halides is 1. The van der Waals surface area contributed by atoms with Crippen molar-refractivity contribution in [2.75, 3.05) is 12.0 Å². The van der Waals surface area contributed by atoms with Gasteiger partial charge in [-0.05, 0) is 29.8 Å². The number of hydrogen-bond acceptors (Lipinski definition) is 4. The molecule has 4 rings (SSSR count). The highest BCUT2D eigenvalue weighted by atomic mass is 35.5. The smallest absolute Gasteiger partial charge is 0.329 e. The fourth-order valence-electron chi connectivity index (χ4n) is 3.94. The van der Waals surface area contributed by atoms with Gasteiger partial charge in [-0.2, -0.15) is 0 Å². The number of benzene rings is 2. The number of halogens is 2. The second-order valence-electron chi connectivity index (χ2n) is 6.27. The number of carbonyl (C=O) groups is 3. The van der Waals surface area contributed by atoms with E-state index in [0.29, 0.717) is 16.3 Å². The lowest BCUT2D eigenvalue weighted by atomic mass is 9.91. The van der Waals surface area contributed by atoms with Crippen molar-refractivity contribution in [3.05, 3.63) is 65.2 Å². The van der Waals surface area contributed by atoms with Crippen LogP contribution in [0.2, 0.25) is 5.02 Å². The molecule has 0 unspecified atom stereocenters. The molecule has 0 spiro atoms. The van der Waals surface area contributed by atoms with E-state index in [4.69, 9.17) is 27.9 Å². The molecule has 132 valence electrons. The van der Waals surface area contributed by atoms with E-state index >= 15 is 0 Å². The molecule has 0 bridgehead atoms. The minimum atomic E-state index is -1.75. The highest BCUT2D eigenvalue weighted by Crippen LogP contribution is 2.72. The predicted molar refractivity (Wildman–Crippen MR) is 96.2 cm³/mol. The first-order valence-corrected chi connectivity index (χ1v) is 8.63.